The zero-order valence-electron chi connectivity index (χ0n) is 24.6. The molecular weight excluding hydrogens is 557 g/mol. The highest BCUT2D eigenvalue weighted by atomic mass is 31.2. The molecule has 40 heavy (non-hydrogen) atoms. The summed E-state index contributed by atoms with van der Waals surface area (Å²) in [7, 11) is -1.42. The molecule has 0 radical (unpaired) electrons. The highest BCUT2D eigenvalue weighted by Gasteiger charge is 3.08. The van der Waals surface area contributed by atoms with E-state index in [1.807, 2.05) is 0 Å². The van der Waals surface area contributed by atoms with E-state index in [1.165, 1.54) is 5.56 Å². The van der Waals surface area contributed by atoms with Gasteiger partial charge in [0, 0.05) is 55.8 Å². The SMILES string of the molecule is CC(C)(C)[C@H]1P2[C@H]3[C@@]2(C(C)(C)C)P(C#Cc2ccc([N+](=O)[O-])cc2)[C@]2(C(C)(C)C)P1[C@@]32c1ccc([N+](=O)[O-])cc1. The minimum atomic E-state index is -0.735. The quantitative estimate of drug-likeness (QED) is 0.153. The zero-order chi connectivity index (χ0) is 29.4. The van der Waals surface area contributed by atoms with E-state index in [0.29, 0.717) is 11.1 Å². The summed E-state index contributed by atoms with van der Waals surface area (Å²) in [6.45, 7) is 21.8. The van der Waals surface area contributed by atoms with Gasteiger partial charge in [-0.1, -0.05) is 102 Å². The van der Waals surface area contributed by atoms with Crippen LogP contribution < -0.4 is 0 Å². The Morgan fingerprint density at radius 3 is 1.70 bits per heavy atom. The van der Waals surface area contributed by atoms with Crippen molar-refractivity contribution >= 4 is 35.1 Å². The fourth-order valence-corrected chi connectivity index (χ4v) is 31.6. The van der Waals surface area contributed by atoms with Gasteiger partial charge in [-0.25, -0.2) is 0 Å². The predicted octanol–water partition coefficient (Wildman–Crippen LogP) is 9.43. The third-order valence-electron chi connectivity index (χ3n) is 9.60. The lowest BCUT2D eigenvalue weighted by atomic mass is 9.76. The van der Waals surface area contributed by atoms with E-state index in [0.717, 1.165) is 5.56 Å². The molecule has 4 aliphatic heterocycles. The molecule has 0 aliphatic carbocycles. The van der Waals surface area contributed by atoms with Crippen molar-refractivity contribution in [2.45, 2.75) is 88.3 Å². The molecule has 0 N–H and O–H groups in total. The van der Waals surface area contributed by atoms with E-state index in [-0.39, 0.29) is 60.3 Å². The summed E-state index contributed by atoms with van der Waals surface area (Å²) in [6, 6.07) is 14.2. The van der Waals surface area contributed by atoms with Crippen molar-refractivity contribution in [1.82, 2.24) is 0 Å². The molecule has 4 aliphatic rings. The average molecular weight is 595 g/mol. The smallest absolute Gasteiger partial charge is 0.258 e. The number of nitro groups is 2. The van der Waals surface area contributed by atoms with E-state index < -0.39 is 15.8 Å². The summed E-state index contributed by atoms with van der Waals surface area (Å²) < 4.78 is 0. The Balaban J connectivity index is 1.60. The second-order valence-corrected chi connectivity index (χ2v) is 23.3. The van der Waals surface area contributed by atoms with Crippen molar-refractivity contribution < 1.29 is 9.85 Å². The van der Waals surface area contributed by atoms with Crippen LogP contribution in [0.4, 0.5) is 11.4 Å². The first-order valence-electron chi connectivity index (χ1n) is 13.8. The van der Waals surface area contributed by atoms with Crippen LogP contribution in [-0.4, -0.2) is 30.7 Å². The summed E-state index contributed by atoms with van der Waals surface area (Å²) >= 11 is 0. The maximum Gasteiger partial charge on any atom is 0.269 e. The van der Waals surface area contributed by atoms with Crippen LogP contribution in [0.15, 0.2) is 48.5 Å². The predicted molar refractivity (Wildman–Crippen MR) is 167 cm³/mol. The highest BCUT2D eigenvalue weighted by molar-refractivity contribution is 8.09. The maximum atomic E-state index is 11.5. The number of nitro benzene ring substituents is 2. The van der Waals surface area contributed by atoms with Crippen LogP contribution in [-0.2, 0) is 5.16 Å². The number of rotatable bonds is 3. The molecule has 4 fully saturated rings. The van der Waals surface area contributed by atoms with Crippen LogP contribution in [0.3, 0.4) is 0 Å². The minimum Gasteiger partial charge on any atom is -0.258 e. The van der Waals surface area contributed by atoms with Crippen LogP contribution >= 0.6 is 23.8 Å². The number of benzene rings is 2. The molecule has 9 heteroatoms. The molecule has 0 aromatic heterocycles. The Hall–Kier alpha value is -1.91. The minimum absolute atomic E-state index is 0.00688. The van der Waals surface area contributed by atoms with Crippen LogP contribution in [0.1, 0.15) is 73.4 Å². The lowest BCUT2D eigenvalue weighted by Gasteiger charge is -2.51. The van der Waals surface area contributed by atoms with Crippen molar-refractivity contribution in [2.75, 3.05) is 0 Å². The molecule has 8 atom stereocenters. The summed E-state index contributed by atoms with van der Waals surface area (Å²) in [6.07, 6.45) is 0. The Labute approximate surface area is 240 Å². The molecule has 6 nitrogen and oxygen atoms in total. The van der Waals surface area contributed by atoms with Gasteiger partial charge in [-0.2, -0.15) is 0 Å². The molecule has 210 valence electrons. The van der Waals surface area contributed by atoms with Gasteiger partial charge in [0.05, 0.1) is 9.85 Å². The fraction of sp³-hybridized carbons (Fsp3) is 0.548. The maximum absolute atomic E-state index is 11.5. The Morgan fingerprint density at radius 1 is 0.775 bits per heavy atom. The number of hydrogen-bond donors (Lipinski definition) is 0. The van der Waals surface area contributed by atoms with Crippen molar-refractivity contribution in [3.63, 3.8) is 0 Å². The van der Waals surface area contributed by atoms with Gasteiger partial charge in [-0.15, -0.1) is 0 Å². The molecular formula is C31H37N2O4P3. The largest absolute Gasteiger partial charge is 0.269 e. The summed E-state index contributed by atoms with van der Waals surface area (Å²) in [4.78, 5) is 22.3. The second-order valence-electron chi connectivity index (χ2n) is 14.8. The first kappa shape index (κ1) is 28.2. The van der Waals surface area contributed by atoms with Crippen molar-refractivity contribution in [1.29, 1.82) is 0 Å². The first-order valence-corrected chi connectivity index (χ1v) is 18.0. The Morgan fingerprint density at radius 2 is 1.27 bits per heavy atom. The lowest BCUT2D eigenvalue weighted by Crippen LogP contribution is -2.39. The van der Waals surface area contributed by atoms with E-state index in [4.69, 9.17) is 0 Å². The topological polar surface area (TPSA) is 86.3 Å². The van der Waals surface area contributed by atoms with Crippen LogP contribution in [0.2, 0.25) is 0 Å². The van der Waals surface area contributed by atoms with Gasteiger partial charge in [-0.05, 0) is 41.9 Å². The summed E-state index contributed by atoms with van der Waals surface area (Å²) in [5.74, 6) is 3.54. The van der Waals surface area contributed by atoms with E-state index >= 15 is 0 Å². The average Bonchev–Trinajstić information content (AvgIpc) is 3.65. The summed E-state index contributed by atoms with van der Waals surface area (Å²) in [5.41, 5.74) is 7.16. The van der Waals surface area contributed by atoms with Crippen molar-refractivity contribution in [3.05, 3.63) is 79.9 Å². The molecule has 4 saturated heterocycles. The molecule has 2 aromatic rings. The Kier molecular flexibility index (Phi) is 5.74. The zero-order valence-corrected chi connectivity index (χ0v) is 27.3. The van der Waals surface area contributed by atoms with Gasteiger partial charge < -0.3 is 0 Å². The van der Waals surface area contributed by atoms with E-state index in [1.54, 1.807) is 36.4 Å². The first-order chi connectivity index (χ1) is 18.4. The molecule has 0 amide bonds. The lowest BCUT2D eigenvalue weighted by molar-refractivity contribution is -0.385. The van der Waals surface area contributed by atoms with Gasteiger partial charge >= 0.3 is 0 Å². The van der Waals surface area contributed by atoms with Gasteiger partial charge in [0.1, 0.15) is 0 Å². The second kappa shape index (κ2) is 8.13. The van der Waals surface area contributed by atoms with Gasteiger partial charge in [-0.3, -0.25) is 20.2 Å². The standard InChI is InChI=1S/C31H37N2O4P3/c1-26(2,3)25-39-24-29(21-12-16-23(17-13-21)33(36)37)31(40(25)29,28(7,8)9)38(30(24,39)27(4,5)6)19-18-20-10-14-22(15-11-20)32(34)35/h10-17,24-25H,1-9H3/t24-,25+,29+,30-,31-,38?,39?,40?/m1/s1. The molecule has 6 rings (SSSR count). The molecule has 2 aromatic carbocycles. The number of nitrogens with zero attached hydrogens (tertiary/aromatic N) is 2. The van der Waals surface area contributed by atoms with Crippen LogP contribution in [0, 0.1) is 48.1 Å². The summed E-state index contributed by atoms with van der Waals surface area (Å²) in [5, 5.41) is 23.5. The molecule has 0 spiro atoms. The Bertz CT molecular complexity index is 1510. The van der Waals surface area contributed by atoms with E-state index in [2.05, 4.69) is 86.0 Å². The van der Waals surface area contributed by atoms with E-state index in [9.17, 15) is 20.2 Å². The molecule has 4 heterocycles. The highest BCUT2D eigenvalue weighted by Crippen LogP contribution is 3.28. The number of hydrogen-bond acceptors (Lipinski definition) is 4. The fourth-order valence-electron chi connectivity index (χ4n) is 8.58. The number of non-ortho nitro benzene ring substituents is 2. The third kappa shape index (κ3) is 3.08. The third-order valence-corrected chi connectivity index (χ3v) is 26.2. The van der Waals surface area contributed by atoms with Gasteiger partial charge in [0.2, 0.25) is 0 Å². The monoisotopic (exact) mass is 594 g/mol. The normalized spacial score (nSPS) is 36.9. The van der Waals surface area contributed by atoms with Gasteiger partial charge in [0.15, 0.2) is 0 Å². The molecule has 3 unspecified atom stereocenters. The van der Waals surface area contributed by atoms with Crippen LogP contribution in [0.25, 0.3) is 0 Å². The van der Waals surface area contributed by atoms with Crippen LogP contribution in [0.5, 0.6) is 0 Å². The van der Waals surface area contributed by atoms with Crippen molar-refractivity contribution in [2.24, 2.45) is 16.2 Å². The van der Waals surface area contributed by atoms with Gasteiger partial charge in [0.25, 0.3) is 11.4 Å². The number of fused-ring (bicyclic) bond motifs is 2. The van der Waals surface area contributed by atoms with Crippen molar-refractivity contribution in [3.8, 4) is 11.6 Å². The molecule has 0 saturated carbocycles. The molecule has 0 bridgehead atoms.